The second-order valence-electron chi connectivity index (χ2n) is 5.40. The number of nitrogens with zero attached hydrogens (tertiary/aromatic N) is 4. The highest BCUT2D eigenvalue weighted by Crippen LogP contribution is 2.25. The average Bonchev–Trinajstić information content (AvgIpc) is 3.18. The zero-order valence-corrected chi connectivity index (χ0v) is 16.6. The van der Waals surface area contributed by atoms with Crippen molar-refractivity contribution < 1.29 is 8.42 Å². The fourth-order valence-electron chi connectivity index (χ4n) is 2.21. The minimum atomic E-state index is -3.84. The first kappa shape index (κ1) is 19.0. The summed E-state index contributed by atoms with van der Waals surface area (Å²) in [6.07, 6.45) is 4.21. The van der Waals surface area contributed by atoms with Crippen molar-refractivity contribution in [1.82, 2.24) is 19.6 Å². The maximum atomic E-state index is 12.4. The van der Waals surface area contributed by atoms with Gasteiger partial charge in [-0.15, -0.1) is 0 Å². The predicted octanol–water partition coefficient (Wildman–Crippen LogP) is 3.91. The lowest BCUT2D eigenvalue weighted by atomic mass is 10.2. The van der Waals surface area contributed by atoms with Gasteiger partial charge in [0.2, 0.25) is 0 Å². The summed E-state index contributed by atoms with van der Waals surface area (Å²) in [5.74, 6) is 0.0287. The van der Waals surface area contributed by atoms with Crippen molar-refractivity contribution in [2.45, 2.75) is 24.9 Å². The van der Waals surface area contributed by atoms with E-state index in [9.17, 15) is 8.42 Å². The Morgan fingerprint density at radius 1 is 1.12 bits per heavy atom. The molecule has 1 N–H and O–H groups in total. The van der Waals surface area contributed by atoms with E-state index >= 15 is 0 Å². The zero-order valence-electron chi connectivity index (χ0n) is 13.5. The standard InChI is InChI=1S/C15H14Cl3N5O2S/c1-2-22-8-12(6-19-22)26(24,25)21-15-14(18)9-23(20-15)7-10-3-4-11(16)5-13(10)17/h3-6,8-9H,2,7H2,1H3,(H,20,21). The molecule has 0 aliphatic heterocycles. The van der Waals surface area contributed by atoms with Crippen LogP contribution < -0.4 is 4.72 Å². The van der Waals surface area contributed by atoms with Gasteiger partial charge in [-0.05, 0) is 24.6 Å². The number of aryl methyl sites for hydroxylation is 1. The first-order chi connectivity index (χ1) is 12.3. The van der Waals surface area contributed by atoms with Crippen molar-refractivity contribution in [3.05, 3.63) is 57.4 Å². The van der Waals surface area contributed by atoms with Gasteiger partial charge >= 0.3 is 0 Å². The second kappa shape index (κ2) is 7.48. The van der Waals surface area contributed by atoms with E-state index in [0.29, 0.717) is 23.1 Å². The Morgan fingerprint density at radius 2 is 1.88 bits per heavy atom. The van der Waals surface area contributed by atoms with Crippen molar-refractivity contribution in [2.75, 3.05) is 4.72 Å². The predicted molar refractivity (Wildman–Crippen MR) is 102 cm³/mol. The van der Waals surface area contributed by atoms with E-state index in [0.717, 1.165) is 5.56 Å². The van der Waals surface area contributed by atoms with Gasteiger partial charge in [-0.2, -0.15) is 10.2 Å². The Morgan fingerprint density at radius 3 is 2.54 bits per heavy atom. The maximum Gasteiger partial charge on any atom is 0.266 e. The number of anilines is 1. The van der Waals surface area contributed by atoms with Crippen LogP contribution >= 0.6 is 34.8 Å². The molecule has 0 aliphatic rings. The summed E-state index contributed by atoms with van der Waals surface area (Å²) < 4.78 is 30.2. The summed E-state index contributed by atoms with van der Waals surface area (Å²) in [5.41, 5.74) is 0.772. The molecule has 0 atom stereocenters. The monoisotopic (exact) mass is 433 g/mol. The minimum absolute atomic E-state index is 0.0287. The highest BCUT2D eigenvalue weighted by atomic mass is 35.5. The van der Waals surface area contributed by atoms with Crippen LogP contribution in [0.15, 0.2) is 41.7 Å². The quantitative estimate of drug-likeness (QED) is 0.638. The van der Waals surface area contributed by atoms with Gasteiger partial charge in [0.1, 0.15) is 9.92 Å². The average molecular weight is 435 g/mol. The van der Waals surface area contributed by atoms with Crippen molar-refractivity contribution >= 4 is 50.6 Å². The number of rotatable bonds is 6. The molecule has 2 heterocycles. The largest absolute Gasteiger partial charge is 0.272 e. The van der Waals surface area contributed by atoms with Gasteiger partial charge in [-0.25, -0.2) is 8.42 Å². The zero-order chi connectivity index (χ0) is 18.9. The summed E-state index contributed by atoms with van der Waals surface area (Å²) in [6, 6.07) is 5.10. The Kier molecular flexibility index (Phi) is 5.47. The molecule has 0 saturated carbocycles. The molecule has 0 amide bonds. The second-order valence-corrected chi connectivity index (χ2v) is 8.33. The third-order valence-electron chi connectivity index (χ3n) is 3.54. The molecular weight excluding hydrogens is 421 g/mol. The van der Waals surface area contributed by atoms with Crippen molar-refractivity contribution in [2.24, 2.45) is 0 Å². The van der Waals surface area contributed by atoms with Gasteiger partial charge in [-0.3, -0.25) is 14.1 Å². The van der Waals surface area contributed by atoms with Crippen molar-refractivity contribution in [1.29, 1.82) is 0 Å². The van der Waals surface area contributed by atoms with E-state index in [1.165, 1.54) is 28.0 Å². The van der Waals surface area contributed by atoms with Gasteiger partial charge in [0.25, 0.3) is 10.0 Å². The van der Waals surface area contributed by atoms with Crippen LogP contribution in [0, 0.1) is 0 Å². The summed E-state index contributed by atoms with van der Waals surface area (Å²) >= 11 is 18.1. The normalized spacial score (nSPS) is 11.7. The van der Waals surface area contributed by atoms with Crippen LogP contribution in [-0.2, 0) is 23.1 Å². The summed E-state index contributed by atoms with van der Waals surface area (Å²) in [4.78, 5) is 0.0331. The Bertz CT molecular complexity index is 1050. The van der Waals surface area contributed by atoms with Crippen LogP contribution in [0.25, 0.3) is 0 Å². The van der Waals surface area contributed by atoms with Crippen molar-refractivity contribution in [3.63, 3.8) is 0 Å². The fraction of sp³-hybridized carbons (Fsp3) is 0.200. The number of halogens is 3. The molecule has 3 rings (SSSR count). The van der Waals surface area contributed by atoms with Crippen LogP contribution in [-0.4, -0.2) is 28.0 Å². The molecule has 26 heavy (non-hydrogen) atoms. The minimum Gasteiger partial charge on any atom is -0.272 e. The van der Waals surface area contributed by atoms with E-state index < -0.39 is 10.0 Å². The number of aromatic nitrogens is 4. The van der Waals surface area contributed by atoms with Crippen molar-refractivity contribution in [3.8, 4) is 0 Å². The van der Waals surface area contributed by atoms with Gasteiger partial charge in [0, 0.05) is 29.0 Å². The molecular formula is C15H14Cl3N5O2S. The molecule has 11 heteroatoms. The summed E-state index contributed by atoms with van der Waals surface area (Å²) in [6.45, 7) is 2.73. The van der Waals surface area contributed by atoms with E-state index in [-0.39, 0.29) is 15.7 Å². The Hall–Kier alpha value is -1.74. The molecule has 0 fully saturated rings. The SMILES string of the molecule is CCn1cc(S(=O)(=O)Nc2nn(Cc3ccc(Cl)cc3Cl)cc2Cl)cn1. The number of sulfonamides is 1. The number of benzene rings is 1. The summed E-state index contributed by atoms with van der Waals surface area (Å²) in [5, 5.41) is 9.32. The van der Waals surface area contributed by atoms with E-state index in [4.69, 9.17) is 34.8 Å². The highest BCUT2D eigenvalue weighted by molar-refractivity contribution is 7.92. The topological polar surface area (TPSA) is 81.8 Å². The van der Waals surface area contributed by atoms with Gasteiger partial charge in [-0.1, -0.05) is 40.9 Å². The molecule has 0 radical (unpaired) electrons. The molecule has 0 unspecified atom stereocenters. The van der Waals surface area contributed by atoms with Crippen LogP contribution in [0.5, 0.6) is 0 Å². The molecule has 2 aromatic heterocycles. The molecule has 0 aliphatic carbocycles. The fourth-order valence-corrected chi connectivity index (χ4v) is 3.91. The van der Waals surface area contributed by atoms with Crippen LogP contribution in [0.2, 0.25) is 15.1 Å². The Labute approximate surface area is 165 Å². The van der Waals surface area contributed by atoms with Crippen LogP contribution in [0.1, 0.15) is 12.5 Å². The maximum absolute atomic E-state index is 12.4. The molecule has 7 nitrogen and oxygen atoms in total. The Balaban J connectivity index is 1.81. The third kappa shape index (κ3) is 4.15. The molecule has 0 spiro atoms. The van der Waals surface area contributed by atoms with Gasteiger partial charge < -0.3 is 0 Å². The van der Waals surface area contributed by atoms with E-state index in [2.05, 4.69) is 14.9 Å². The molecule has 0 bridgehead atoms. The highest BCUT2D eigenvalue weighted by Gasteiger charge is 2.20. The van der Waals surface area contributed by atoms with E-state index in [1.54, 1.807) is 18.2 Å². The lowest BCUT2D eigenvalue weighted by molar-refractivity contribution is 0.600. The summed E-state index contributed by atoms with van der Waals surface area (Å²) in [7, 11) is -3.84. The number of hydrogen-bond acceptors (Lipinski definition) is 4. The van der Waals surface area contributed by atoms with Crippen LogP contribution in [0.4, 0.5) is 5.82 Å². The number of nitrogens with one attached hydrogen (secondary N) is 1. The first-order valence-electron chi connectivity index (χ1n) is 7.50. The molecule has 1 aromatic carbocycles. The smallest absolute Gasteiger partial charge is 0.266 e. The number of hydrogen-bond donors (Lipinski definition) is 1. The lowest BCUT2D eigenvalue weighted by Gasteiger charge is -2.05. The molecule has 138 valence electrons. The van der Waals surface area contributed by atoms with Gasteiger partial charge in [0.05, 0.1) is 12.7 Å². The van der Waals surface area contributed by atoms with Crippen LogP contribution in [0.3, 0.4) is 0 Å². The first-order valence-corrected chi connectivity index (χ1v) is 10.1. The van der Waals surface area contributed by atoms with Gasteiger partial charge in [0.15, 0.2) is 5.82 Å². The third-order valence-corrected chi connectivity index (χ3v) is 5.70. The molecule has 0 saturated heterocycles. The lowest BCUT2D eigenvalue weighted by Crippen LogP contribution is -2.13. The van der Waals surface area contributed by atoms with E-state index in [1.807, 2.05) is 6.92 Å². The molecule has 3 aromatic rings.